The molecule has 2 amide bonds. The Bertz CT molecular complexity index is 842. The predicted molar refractivity (Wildman–Crippen MR) is 123 cm³/mol. The molecule has 0 aromatic heterocycles. The SMILES string of the molecule is CC(C)N1CC=C[C@]23S[C@]4(C)/C=C\CCCOC(=O)[C@@H]4[C@H]2C(=O)N(CCCCO)C3C1=O. The Balaban J connectivity index is 1.83. The molecule has 4 heterocycles. The van der Waals surface area contributed by atoms with Gasteiger partial charge in [-0.2, -0.15) is 0 Å². The van der Waals surface area contributed by atoms with Crippen LogP contribution in [0.3, 0.4) is 0 Å². The molecule has 1 spiro atoms. The van der Waals surface area contributed by atoms with Crippen LogP contribution in [0.5, 0.6) is 0 Å². The summed E-state index contributed by atoms with van der Waals surface area (Å²) in [5.41, 5.74) is 0. The average Bonchev–Trinajstić information content (AvgIpc) is 3.07. The first-order chi connectivity index (χ1) is 15.3. The number of rotatable bonds is 5. The molecule has 8 heteroatoms. The second-order valence-electron chi connectivity index (χ2n) is 9.66. The molecule has 1 N–H and O–H groups in total. The van der Waals surface area contributed by atoms with E-state index in [0.29, 0.717) is 32.5 Å². The number of hydrogen-bond acceptors (Lipinski definition) is 6. The number of aliphatic hydroxyl groups excluding tert-OH is 1. The van der Waals surface area contributed by atoms with Gasteiger partial charge < -0.3 is 19.6 Å². The highest BCUT2D eigenvalue weighted by atomic mass is 32.2. The number of cyclic esters (lactones) is 1. The number of aliphatic hydroxyl groups is 1. The van der Waals surface area contributed by atoms with Gasteiger partial charge >= 0.3 is 5.97 Å². The summed E-state index contributed by atoms with van der Waals surface area (Å²) < 4.78 is 4.16. The smallest absolute Gasteiger partial charge is 0.311 e. The van der Waals surface area contributed by atoms with E-state index in [1.165, 1.54) is 0 Å². The third kappa shape index (κ3) is 3.59. The predicted octanol–water partition coefficient (Wildman–Crippen LogP) is 2.15. The Morgan fingerprint density at radius 3 is 2.66 bits per heavy atom. The average molecular weight is 463 g/mol. The van der Waals surface area contributed by atoms with Crippen LogP contribution >= 0.6 is 11.8 Å². The highest BCUT2D eigenvalue weighted by molar-refractivity contribution is 8.02. The summed E-state index contributed by atoms with van der Waals surface area (Å²) in [6.45, 7) is 7.23. The number of likely N-dealkylation sites (tertiary alicyclic amines) is 1. The van der Waals surface area contributed by atoms with Crippen LogP contribution in [-0.2, 0) is 19.1 Å². The van der Waals surface area contributed by atoms with Crippen LogP contribution in [-0.4, -0.2) is 80.6 Å². The van der Waals surface area contributed by atoms with Gasteiger partial charge in [0.05, 0.1) is 23.2 Å². The van der Waals surface area contributed by atoms with Gasteiger partial charge in [0.25, 0.3) is 0 Å². The Hall–Kier alpha value is -1.80. The molecule has 4 aliphatic heterocycles. The second kappa shape index (κ2) is 8.86. The zero-order valence-corrected chi connectivity index (χ0v) is 20.0. The minimum atomic E-state index is -0.820. The number of fused-ring (bicyclic) bond motifs is 2. The van der Waals surface area contributed by atoms with E-state index in [1.54, 1.807) is 16.7 Å². The number of unbranched alkanes of at least 4 members (excludes halogenated alkanes) is 1. The van der Waals surface area contributed by atoms with E-state index in [2.05, 4.69) is 12.2 Å². The molecule has 2 fully saturated rings. The Kier molecular flexibility index (Phi) is 6.47. The summed E-state index contributed by atoms with van der Waals surface area (Å²) in [5, 5.41) is 9.26. The first-order valence-electron chi connectivity index (χ1n) is 11.7. The quantitative estimate of drug-likeness (QED) is 0.383. The minimum Gasteiger partial charge on any atom is -0.465 e. The molecule has 176 valence electrons. The van der Waals surface area contributed by atoms with Crippen LogP contribution in [0.15, 0.2) is 24.3 Å². The number of allylic oxidation sites excluding steroid dienone is 1. The Morgan fingerprint density at radius 2 is 1.94 bits per heavy atom. The number of ether oxygens (including phenoxy) is 1. The van der Waals surface area contributed by atoms with Crippen molar-refractivity contribution < 1.29 is 24.2 Å². The summed E-state index contributed by atoms with van der Waals surface area (Å²) in [7, 11) is 0. The molecular weight excluding hydrogens is 428 g/mol. The van der Waals surface area contributed by atoms with Gasteiger partial charge in [-0.1, -0.05) is 24.3 Å². The Labute approximate surface area is 194 Å². The molecule has 0 aromatic rings. The highest BCUT2D eigenvalue weighted by Gasteiger charge is 2.73. The van der Waals surface area contributed by atoms with Crippen molar-refractivity contribution >= 4 is 29.5 Å². The zero-order chi connectivity index (χ0) is 23.1. The molecule has 4 rings (SSSR count). The maximum absolute atomic E-state index is 13.9. The van der Waals surface area contributed by atoms with Crippen LogP contribution in [0, 0.1) is 11.8 Å². The standard InChI is InChI=1S/C24H34N2O5S/c1-16(2)25-13-9-11-24-17(20(28)26(12-6-7-14-27)19(24)21(25)29)18-22(30)31-15-8-4-5-10-23(18,3)32-24/h5,9-11,16-19,27H,4,6-8,12-15H2,1-3H3/b10-5-/t17-,18-,19?,23+,24-/m0/s1. The maximum atomic E-state index is 13.9. The van der Waals surface area contributed by atoms with Gasteiger partial charge in [0.2, 0.25) is 11.8 Å². The maximum Gasteiger partial charge on any atom is 0.311 e. The van der Waals surface area contributed by atoms with Crippen molar-refractivity contribution in [2.24, 2.45) is 11.8 Å². The van der Waals surface area contributed by atoms with Crippen molar-refractivity contribution in [3.05, 3.63) is 24.3 Å². The van der Waals surface area contributed by atoms with Crippen molar-refractivity contribution in [1.29, 1.82) is 0 Å². The van der Waals surface area contributed by atoms with E-state index in [-0.39, 0.29) is 30.4 Å². The van der Waals surface area contributed by atoms with Crippen molar-refractivity contribution in [3.63, 3.8) is 0 Å². The third-order valence-corrected chi connectivity index (χ3v) is 9.01. The molecule has 0 bridgehead atoms. The fourth-order valence-electron chi connectivity index (χ4n) is 5.75. The normalized spacial score (nSPS) is 37.9. The summed E-state index contributed by atoms with van der Waals surface area (Å²) in [4.78, 5) is 44.6. The molecule has 32 heavy (non-hydrogen) atoms. The zero-order valence-electron chi connectivity index (χ0n) is 19.2. The summed E-state index contributed by atoms with van der Waals surface area (Å²) >= 11 is 1.58. The topological polar surface area (TPSA) is 87.2 Å². The number of esters is 1. The summed E-state index contributed by atoms with van der Waals surface area (Å²) in [6.07, 6.45) is 10.9. The molecule has 0 radical (unpaired) electrons. The van der Waals surface area contributed by atoms with E-state index in [9.17, 15) is 19.5 Å². The van der Waals surface area contributed by atoms with Gasteiger partial charge in [-0.15, -0.1) is 11.8 Å². The van der Waals surface area contributed by atoms with Crippen molar-refractivity contribution in [2.75, 3.05) is 26.3 Å². The minimum absolute atomic E-state index is 0.000199. The highest BCUT2D eigenvalue weighted by Crippen LogP contribution is 2.65. The van der Waals surface area contributed by atoms with Crippen LogP contribution in [0.1, 0.15) is 46.5 Å². The number of thioether (sulfide) groups is 1. The molecule has 0 aromatic carbocycles. The van der Waals surface area contributed by atoms with Crippen molar-refractivity contribution in [2.45, 2.75) is 68.0 Å². The lowest BCUT2D eigenvalue weighted by Crippen LogP contribution is -2.54. The molecule has 4 aliphatic rings. The fraction of sp³-hybridized carbons (Fsp3) is 0.708. The summed E-state index contributed by atoms with van der Waals surface area (Å²) in [6, 6.07) is -0.668. The lowest BCUT2D eigenvalue weighted by Gasteiger charge is -2.37. The van der Waals surface area contributed by atoms with Gasteiger partial charge in [0, 0.05) is 30.5 Å². The number of hydrogen-bond donors (Lipinski definition) is 1. The van der Waals surface area contributed by atoms with Crippen LogP contribution in [0.25, 0.3) is 0 Å². The van der Waals surface area contributed by atoms with Gasteiger partial charge in [-0.3, -0.25) is 14.4 Å². The molecule has 7 nitrogen and oxygen atoms in total. The second-order valence-corrected chi connectivity index (χ2v) is 11.4. The van der Waals surface area contributed by atoms with Crippen LogP contribution < -0.4 is 0 Å². The molecule has 2 saturated heterocycles. The summed E-state index contributed by atoms with van der Waals surface area (Å²) in [5.74, 6) is -1.86. The van der Waals surface area contributed by atoms with Gasteiger partial charge in [0.1, 0.15) is 6.04 Å². The molecule has 0 saturated carbocycles. The van der Waals surface area contributed by atoms with E-state index in [4.69, 9.17) is 4.74 Å². The van der Waals surface area contributed by atoms with Crippen LogP contribution in [0.4, 0.5) is 0 Å². The van der Waals surface area contributed by atoms with E-state index >= 15 is 0 Å². The lowest BCUT2D eigenvalue weighted by atomic mass is 9.74. The third-order valence-electron chi connectivity index (χ3n) is 7.21. The van der Waals surface area contributed by atoms with E-state index in [1.807, 2.05) is 37.8 Å². The number of carbonyl (C=O) groups is 3. The lowest BCUT2D eigenvalue weighted by molar-refractivity contribution is -0.154. The molecule has 1 unspecified atom stereocenters. The van der Waals surface area contributed by atoms with Crippen molar-refractivity contribution in [3.8, 4) is 0 Å². The van der Waals surface area contributed by atoms with Gasteiger partial charge in [-0.05, 0) is 46.5 Å². The number of carbonyl (C=O) groups excluding carboxylic acids is 3. The first kappa shape index (κ1) is 23.4. The number of nitrogens with zero attached hydrogens (tertiary/aromatic N) is 2. The molecule has 5 atom stereocenters. The van der Waals surface area contributed by atoms with Crippen molar-refractivity contribution in [1.82, 2.24) is 9.80 Å². The number of amides is 2. The first-order valence-corrected chi connectivity index (χ1v) is 12.5. The van der Waals surface area contributed by atoms with E-state index < -0.39 is 27.4 Å². The van der Waals surface area contributed by atoms with E-state index in [0.717, 1.165) is 12.8 Å². The largest absolute Gasteiger partial charge is 0.465 e. The molecular formula is C24H34N2O5S. The van der Waals surface area contributed by atoms with Crippen LogP contribution in [0.2, 0.25) is 0 Å². The fourth-order valence-corrected chi connectivity index (χ4v) is 7.90. The van der Waals surface area contributed by atoms with Gasteiger partial charge in [0.15, 0.2) is 0 Å². The van der Waals surface area contributed by atoms with Gasteiger partial charge in [-0.25, -0.2) is 0 Å². The Morgan fingerprint density at radius 1 is 1.16 bits per heavy atom. The monoisotopic (exact) mass is 462 g/mol. The molecule has 0 aliphatic carbocycles.